The van der Waals surface area contributed by atoms with Crippen LogP contribution in [0.25, 0.3) is 11.0 Å². The van der Waals surface area contributed by atoms with E-state index < -0.39 is 0 Å². The standard InChI is InChI=1S/C24H24N4O2/c1-16-4-7-18(8-5-16)15-30-22-11-9-19(13-23(22)29-3)14-25-28-24-26-20-10-6-17(2)12-21(20)27-24/h4-14H,15H2,1-3H3,(H2,26,27,28)/b25-14-. The number of nitrogens with zero attached hydrogens (tertiary/aromatic N) is 2. The van der Waals surface area contributed by atoms with Gasteiger partial charge in [0.25, 0.3) is 0 Å². The third-order valence-electron chi connectivity index (χ3n) is 4.72. The highest BCUT2D eigenvalue weighted by Crippen LogP contribution is 2.28. The number of H-pyrrole nitrogens is 1. The summed E-state index contributed by atoms with van der Waals surface area (Å²) in [6.45, 7) is 4.60. The molecule has 30 heavy (non-hydrogen) atoms. The van der Waals surface area contributed by atoms with Gasteiger partial charge in [-0.1, -0.05) is 35.9 Å². The molecule has 1 aromatic heterocycles. The molecule has 0 atom stereocenters. The van der Waals surface area contributed by atoms with Gasteiger partial charge in [0.1, 0.15) is 6.61 Å². The first kappa shape index (κ1) is 19.5. The Labute approximate surface area is 175 Å². The van der Waals surface area contributed by atoms with Crippen molar-refractivity contribution in [2.75, 3.05) is 12.5 Å². The zero-order chi connectivity index (χ0) is 20.9. The molecule has 0 aliphatic rings. The Bertz CT molecular complexity index is 1180. The molecule has 0 saturated carbocycles. The summed E-state index contributed by atoms with van der Waals surface area (Å²) >= 11 is 0. The number of aromatic nitrogens is 2. The molecule has 2 N–H and O–H groups in total. The average molecular weight is 400 g/mol. The molecule has 0 spiro atoms. The van der Waals surface area contributed by atoms with Gasteiger partial charge in [-0.25, -0.2) is 10.4 Å². The van der Waals surface area contributed by atoms with Gasteiger partial charge >= 0.3 is 0 Å². The Balaban J connectivity index is 1.41. The molecular formula is C24H24N4O2. The Morgan fingerprint density at radius 1 is 0.967 bits per heavy atom. The number of nitrogens with one attached hydrogen (secondary N) is 2. The van der Waals surface area contributed by atoms with Crippen LogP contribution >= 0.6 is 0 Å². The predicted octanol–water partition coefficient (Wildman–Crippen LogP) is 5.21. The van der Waals surface area contributed by atoms with Gasteiger partial charge in [-0.15, -0.1) is 0 Å². The van der Waals surface area contributed by atoms with Gasteiger partial charge in [0.05, 0.1) is 24.4 Å². The SMILES string of the molecule is COc1cc(/C=N\Nc2nc3ccc(C)cc3[nH]2)ccc1OCc1ccc(C)cc1. The third kappa shape index (κ3) is 4.60. The second-order valence-corrected chi connectivity index (χ2v) is 7.16. The van der Waals surface area contributed by atoms with E-state index >= 15 is 0 Å². The molecule has 0 fully saturated rings. The largest absolute Gasteiger partial charge is 0.493 e. The third-order valence-corrected chi connectivity index (χ3v) is 4.72. The predicted molar refractivity (Wildman–Crippen MR) is 121 cm³/mol. The number of hydrogen-bond donors (Lipinski definition) is 2. The van der Waals surface area contributed by atoms with Crippen molar-refractivity contribution >= 4 is 23.2 Å². The minimum atomic E-state index is 0.483. The first-order valence-electron chi connectivity index (χ1n) is 9.72. The molecule has 0 saturated heterocycles. The lowest BCUT2D eigenvalue weighted by Crippen LogP contribution is -1.99. The van der Waals surface area contributed by atoms with Crippen molar-refractivity contribution in [1.29, 1.82) is 0 Å². The monoisotopic (exact) mass is 400 g/mol. The molecule has 1 heterocycles. The zero-order valence-corrected chi connectivity index (χ0v) is 17.3. The summed E-state index contributed by atoms with van der Waals surface area (Å²) in [5, 5.41) is 4.27. The molecule has 0 bridgehead atoms. The zero-order valence-electron chi connectivity index (χ0n) is 17.3. The number of ether oxygens (including phenoxy) is 2. The number of aromatic amines is 1. The Hall–Kier alpha value is -3.80. The maximum Gasteiger partial charge on any atom is 0.222 e. The average Bonchev–Trinajstić information content (AvgIpc) is 3.15. The number of aryl methyl sites for hydroxylation is 2. The van der Waals surface area contributed by atoms with Crippen LogP contribution in [0.4, 0.5) is 5.95 Å². The van der Waals surface area contributed by atoms with Crippen molar-refractivity contribution in [2.45, 2.75) is 20.5 Å². The first-order valence-corrected chi connectivity index (χ1v) is 9.72. The molecule has 3 aromatic carbocycles. The molecule has 0 amide bonds. The van der Waals surface area contributed by atoms with Gasteiger partial charge in [-0.3, -0.25) is 0 Å². The van der Waals surface area contributed by atoms with Crippen molar-refractivity contribution < 1.29 is 9.47 Å². The van der Waals surface area contributed by atoms with Crippen LogP contribution in [-0.2, 0) is 6.61 Å². The maximum absolute atomic E-state index is 5.93. The number of anilines is 1. The van der Waals surface area contributed by atoms with E-state index in [0.29, 0.717) is 24.1 Å². The molecule has 152 valence electrons. The van der Waals surface area contributed by atoms with Crippen molar-refractivity contribution in [3.05, 3.63) is 82.9 Å². The Kier molecular flexibility index (Phi) is 5.66. The normalized spacial score (nSPS) is 11.2. The van der Waals surface area contributed by atoms with Crippen LogP contribution in [-0.4, -0.2) is 23.3 Å². The molecule has 0 radical (unpaired) electrons. The molecule has 6 nitrogen and oxygen atoms in total. The highest BCUT2D eigenvalue weighted by molar-refractivity contribution is 5.82. The van der Waals surface area contributed by atoms with E-state index in [9.17, 15) is 0 Å². The minimum Gasteiger partial charge on any atom is -0.493 e. The molecule has 4 aromatic rings. The van der Waals surface area contributed by atoms with Crippen molar-refractivity contribution in [3.8, 4) is 11.5 Å². The summed E-state index contributed by atoms with van der Waals surface area (Å²) in [6, 6.07) is 20.0. The fraction of sp³-hybridized carbons (Fsp3) is 0.167. The van der Waals surface area contributed by atoms with Gasteiger partial charge in [0.15, 0.2) is 11.5 Å². The highest BCUT2D eigenvalue weighted by Gasteiger charge is 2.06. The van der Waals surface area contributed by atoms with E-state index in [2.05, 4.69) is 57.8 Å². The van der Waals surface area contributed by atoms with Gasteiger partial charge in [0, 0.05) is 0 Å². The topological polar surface area (TPSA) is 71.5 Å². The highest BCUT2D eigenvalue weighted by atomic mass is 16.5. The summed E-state index contributed by atoms with van der Waals surface area (Å²) in [5.41, 5.74) is 9.21. The van der Waals surface area contributed by atoms with Crippen LogP contribution in [0.5, 0.6) is 11.5 Å². The quantitative estimate of drug-likeness (QED) is 0.330. The first-order chi connectivity index (χ1) is 14.6. The van der Waals surface area contributed by atoms with Crippen LogP contribution < -0.4 is 14.9 Å². The van der Waals surface area contributed by atoms with Crippen LogP contribution in [0.2, 0.25) is 0 Å². The lowest BCUT2D eigenvalue weighted by Gasteiger charge is -2.11. The van der Waals surface area contributed by atoms with E-state index in [4.69, 9.17) is 9.47 Å². The Morgan fingerprint density at radius 2 is 1.77 bits per heavy atom. The van der Waals surface area contributed by atoms with Gasteiger partial charge in [-0.05, 0) is 60.9 Å². The van der Waals surface area contributed by atoms with Gasteiger partial charge in [0.2, 0.25) is 5.95 Å². The number of imidazole rings is 1. The second kappa shape index (κ2) is 8.69. The lowest BCUT2D eigenvalue weighted by molar-refractivity contribution is 0.284. The second-order valence-electron chi connectivity index (χ2n) is 7.16. The van der Waals surface area contributed by atoms with Crippen molar-refractivity contribution in [2.24, 2.45) is 5.10 Å². The fourth-order valence-corrected chi connectivity index (χ4v) is 3.07. The number of rotatable bonds is 7. The molecule has 6 heteroatoms. The summed E-state index contributed by atoms with van der Waals surface area (Å²) in [7, 11) is 1.63. The molecule has 0 aliphatic heterocycles. The summed E-state index contributed by atoms with van der Waals surface area (Å²) in [6.07, 6.45) is 1.71. The van der Waals surface area contributed by atoms with E-state index in [0.717, 1.165) is 22.2 Å². The van der Waals surface area contributed by atoms with Crippen LogP contribution in [0.15, 0.2) is 65.8 Å². The molecule has 0 unspecified atom stereocenters. The fourth-order valence-electron chi connectivity index (χ4n) is 3.07. The number of hydrazone groups is 1. The van der Waals surface area contributed by atoms with E-state index in [1.54, 1.807) is 13.3 Å². The summed E-state index contributed by atoms with van der Waals surface area (Å²) < 4.78 is 11.4. The van der Waals surface area contributed by atoms with Crippen molar-refractivity contribution in [1.82, 2.24) is 9.97 Å². The lowest BCUT2D eigenvalue weighted by atomic mass is 10.2. The number of hydrogen-bond acceptors (Lipinski definition) is 5. The van der Waals surface area contributed by atoms with Gasteiger partial charge < -0.3 is 14.5 Å². The van der Waals surface area contributed by atoms with E-state index in [-0.39, 0.29) is 0 Å². The summed E-state index contributed by atoms with van der Waals surface area (Å²) in [4.78, 5) is 7.68. The van der Waals surface area contributed by atoms with E-state index in [1.165, 1.54) is 11.1 Å². The Morgan fingerprint density at radius 3 is 2.57 bits per heavy atom. The summed E-state index contributed by atoms with van der Waals surface area (Å²) in [5.74, 6) is 1.94. The van der Waals surface area contributed by atoms with Crippen LogP contribution in [0.1, 0.15) is 22.3 Å². The number of benzene rings is 3. The minimum absolute atomic E-state index is 0.483. The van der Waals surface area contributed by atoms with E-state index in [1.807, 2.05) is 37.3 Å². The number of methoxy groups -OCH3 is 1. The molecule has 0 aliphatic carbocycles. The van der Waals surface area contributed by atoms with Crippen molar-refractivity contribution in [3.63, 3.8) is 0 Å². The molecular weight excluding hydrogens is 376 g/mol. The molecule has 4 rings (SSSR count). The van der Waals surface area contributed by atoms with Gasteiger partial charge in [-0.2, -0.15) is 5.10 Å². The smallest absolute Gasteiger partial charge is 0.222 e. The van der Waals surface area contributed by atoms with Crippen LogP contribution in [0.3, 0.4) is 0 Å². The number of fused-ring (bicyclic) bond motifs is 1. The van der Waals surface area contributed by atoms with Crippen LogP contribution in [0, 0.1) is 13.8 Å². The maximum atomic E-state index is 5.93.